The number of nitrogens with zero attached hydrogens (tertiary/aromatic N) is 2. The maximum absolute atomic E-state index is 14.9. The van der Waals surface area contributed by atoms with E-state index in [1.165, 1.54) is 11.8 Å². The molecule has 6 heteroatoms. The van der Waals surface area contributed by atoms with Crippen LogP contribution in [0.25, 0.3) is 10.9 Å². The molecule has 2 atom stereocenters. The Kier molecular flexibility index (Phi) is 4.62. The zero-order valence-electron chi connectivity index (χ0n) is 15.6. The highest BCUT2D eigenvalue weighted by atomic mass is 19.1. The van der Waals surface area contributed by atoms with E-state index >= 15 is 0 Å². The second-order valence-corrected chi connectivity index (χ2v) is 7.17. The lowest BCUT2D eigenvalue weighted by Gasteiger charge is -2.15. The Hall–Kier alpha value is -3.17. The lowest BCUT2D eigenvalue weighted by molar-refractivity contribution is 0.589. The summed E-state index contributed by atoms with van der Waals surface area (Å²) in [4.78, 5) is 12.5. The molecule has 4 rings (SSSR count). The molecule has 1 aromatic heterocycles. The van der Waals surface area contributed by atoms with E-state index in [0.717, 1.165) is 6.42 Å². The van der Waals surface area contributed by atoms with Crippen molar-refractivity contribution in [1.29, 1.82) is 5.26 Å². The van der Waals surface area contributed by atoms with Crippen LogP contribution in [-0.4, -0.2) is 10.6 Å². The van der Waals surface area contributed by atoms with Gasteiger partial charge < -0.3 is 15.6 Å². The first kappa shape index (κ1) is 18.2. The topological polar surface area (TPSA) is 83.8 Å². The summed E-state index contributed by atoms with van der Waals surface area (Å²) in [5, 5.41) is 12.6. The van der Waals surface area contributed by atoms with Crippen LogP contribution in [0.4, 0.5) is 10.1 Å². The Balaban J connectivity index is 1.65. The number of hydrogen-bond acceptors (Lipinski definition) is 4. The molecule has 3 aromatic rings. The molecule has 1 fully saturated rings. The highest BCUT2D eigenvalue weighted by Gasteiger charge is 2.37. The lowest BCUT2D eigenvalue weighted by Crippen LogP contribution is -2.20. The largest absolute Gasteiger partial charge is 0.396 e. The molecule has 1 heterocycles. The Morgan fingerprint density at radius 2 is 2.11 bits per heavy atom. The summed E-state index contributed by atoms with van der Waals surface area (Å²) in [6.07, 6.45) is 2.52. The normalized spacial score (nSPS) is 18.2. The molecular weight excluding hydrogens is 355 g/mol. The van der Waals surface area contributed by atoms with Gasteiger partial charge in [0.25, 0.3) is 0 Å². The minimum atomic E-state index is -0.591. The molecule has 0 spiro atoms. The predicted molar refractivity (Wildman–Crippen MR) is 107 cm³/mol. The van der Waals surface area contributed by atoms with Crippen molar-refractivity contribution in [3.63, 3.8) is 0 Å². The molecule has 1 saturated carbocycles. The van der Waals surface area contributed by atoms with Gasteiger partial charge in [0.2, 0.25) is 5.43 Å². The molecule has 3 N–H and O–H groups in total. The number of aryl methyl sites for hydroxylation is 1. The van der Waals surface area contributed by atoms with Gasteiger partial charge in [-0.25, -0.2) is 4.39 Å². The number of nitrogen functional groups attached to an aromatic ring is 1. The van der Waals surface area contributed by atoms with Crippen LogP contribution in [0.2, 0.25) is 0 Å². The average Bonchev–Trinajstić information content (AvgIpc) is 3.50. The van der Waals surface area contributed by atoms with Crippen LogP contribution in [0.15, 0.2) is 47.4 Å². The van der Waals surface area contributed by atoms with E-state index in [9.17, 15) is 14.4 Å². The van der Waals surface area contributed by atoms with E-state index < -0.39 is 11.2 Å². The number of nitrogens with two attached hydrogens (primary N) is 1. The Morgan fingerprint density at radius 3 is 2.79 bits per heavy atom. The highest BCUT2D eigenvalue weighted by molar-refractivity contribution is 5.92. The Morgan fingerprint density at radius 1 is 1.36 bits per heavy atom. The molecule has 0 radical (unpaired) electrons. The molecule has 2 aromatic carbocycles. The van der Waals surface area contributed by atoms with Gasteiger partial charge in [-0.05, 0) is 25.0 Å². The minimum Gasteiger partial charge on any atom is -0.396 e. The van der Waals surface area contributed by atoms with Crippen LogP contribution in [-0.2, 0) is 13.1 Å². The van der Waals surface area contributed by atoms with E-state index in [4.69, 9.17) is 5.73 Å². The number of benzene rings is 2. The zero-order chi connectivity index (χ0) is 19.8. The van der Waals surface area contributed by atoms with Gasteiger partial charge in [0.05, 0.1) is 16.6 Å². The molecule has 5 nitrogen and oxygen atoms in total. The van der Waals surface area contributed by atoms with Crippen LogP contribution >= 0.6 is 0 Å². The summed E-state index contributed by atoms with van der Waals surface area (Å²) in [6, 6.07) is 14.1. The van der Waals surface area contributed by atoms with Gasteiger partial charge in [-0.1, -0.05) is 30.3 Å². The summed E-state index contributed by atoms with van der Waals surface area (Å²) in [5.74, 6) is -0.152. The first-order valence-corrected chi connectivity index (χ1v) is 9.37. The maximum atomic E-state index is 14.9. The van der Waals surface area contributed by atoms with Crippen molar-refractivity contribution in [3.05, 3.63) is 75.3 Å². The minimum absolute atomic E-state index is 0.0324. The lowest BCUT2D eigenvalue weighted by atomic mass is 10.0. The van der Waals surface area contributed by atoms with Crippen LogP contribution in [0, 0.1) is 17.1 Å². The number of anilines is 1. The third-order valence-corrected chi connectivity index (χ3v) is 5.45. The van der Waals surface area contributed by atoms with Crippen LogP contribution < -0.4 is 16.5 Å². The summed E-state index contributed by atoms with van der Waals surface area (Å²) in [7, 11) is 0. The number of nitrogens with one attached hydrogen (secondary N) is 1. The number of rotatable bonds is 5. The first-order valence-electron chi connectivity index (χ1n) is 9.37. The van der Waals surface area contributed by atoms with Crippen molar-refractivity contribution in [3.8, 4) is 6.07 Å². The molecule has 142 valence electrons. The average molecular weight is 376 g/mol. The first-order chi connectivity index (χ1) is 13.5. The number of halogens is 1. The van der Waals surface area contributed by atoms with Gasteiger partial charge in [-0.15, -0.1) is 0 Å². The standard InChI is InChI=1S/C22H21FN4O/c1-2-27-12-15(10-24)22(28)19-18(27)8-14(20(23)21(19)25)11-26-17-9-16(17)13-6-4-3-5-7-13/h3-8,12,16-17,26H,2,9,11,25H2,1H3/t16-,17+/m0/s1. The monoisotopic (exact) mass is 376 g/mol. The zero-order valence-corrected chi connectivity index (χ0v) is 15.6. The fourth-order valence-electron chi connectivity index (χ4n) is 3.81. The van der Waals surface area contributed by atoms with Crippen LogP contribution in [0.5, 0.6) is 0 Å². The van der Waals surface area contributed by atoms with E-state index in [1.54, 1.807) is 10.6 Å². The SMILES string of the molecule is CCn1cc(C#N)c(=O)c2c(N)c(F)c(CN[C@@H]3C[C@H]3c3ccccc3)cc21. The molecule has 0 amide bonds. The van der Waals surface area contributed by atoms with Crippen molar-refractivity contribution in [1.82, 2.24) is 9.88 Å². The van der Waals surface area contributed by atoms with Crippen molar-refractivity contribution in [2.45, 2.75) is 38.4 Å². The summed E-state index contributed by atoms with van der Waals surface area (Å²) >= 11 is 0. The van der Waals surface area contributed by atoms with Crippen LogP contribution in [0.1, 0.15) is 36.0 Å². The third-order valence-electron chi connectivity index (χ3n) is 5.45. The maximum Gasteiger partial charge on any atom is 0.209 e. The van der Waals surface area contributed by atoms with Crippen molar-refractivity contribution in [2.75, 3.05) is 5.73 Å². The third kappa shape index (κ3) is 3.04. The van der Waals surface area contributed by atoms with E-state index in [0.29, 0.717) is 36.1 Å². The van der Waals surface area contributed by atoms with Crippen LogP contribution in [0.3, 0.4) is 0 Å². The van der Waals surface area contributed by atoms with E-state index in [-0.39, 0.29) is 16.6 Å². The fraction of sp³-hybridized carbons (Fsp3) is 0.273. The summed E-state index contributed by atoms with van der Waals surface area (Å²) in [6.45, 7) is 2.77. The highest BCUT2D eigenvalue weighted by Crippen LogP contribution is 2.41. The Labute approximate surface area is 162 Å². The number of aromatic nitrogens is 1. The number of nitriles is 1. The summed E-state index contributed by atoms with van der Waals surface area (Å²) in [5.41, 5.74) is 7.50. The van der Waals surface area contributed by atoms with Crippen molar-refractivity contribution >= 4 is 16.6 Å². The van der Waals surface area contributed by atoms with E-state index in [2.05, 4.69) is 17.4 Å². The molecule has 0 unspecified atom stereocenters. The van der Waals surface area contributed by atoms with Gasteiger partial charge in [0.15, 0.2) is 5.82 Å². The Bertz CT molecular complexity index is 1150. The number of fused-ring (bicyclic) bond motifs is 1. The van der Waals surface area contributed by atoms with E-state index in [1.807, 2.05) is 31.2 Å². The van der Waals surface area contributed by atoms with Crippen molar-refractivity contribution in [2.24, 2.45) is 0 Å². The molecule has 28 heavy (non-hydrogen) atoms. The summed E-state index contributed by atoms with van der Waals surface area (Å²) < 4.78 is 16.6. The molecule has 0 aliphatic heterocycles. The molecule has 1 aliphatic rings. The second-order valence-electron chi connectivity index (χ2n) is 7.17. The molecule has 1 aliphatic carbocycles. The van der Waals surface area contributed by atoms with Crippen molar-refractivity contribution < 1.29 is 4.39 Å². The van der Waals surface area contributed by atoms with Gasteiger partial charge in [0, 0.05) is 36.8 Å². The van der Waals surface area contributed by atoms with Gasteiger partial charge in [-0.2, -0.15) is 5.26 Å². The second kappa shape index (κ2) is 7.10. The fourth-order valence-corrected chi connectivity index (χ4v) is 3.81. The van der Waals surface area contributed by atoms with Gasteiger partial charge in [-0.3, -0.25) is 4.79 Å². The van der Waals surface area contributed by atoms with Gasteiger partial charge in [0.1, 0.15) is 11.6 Å². The smallest absolute Gasteiger partial charge is 0.209 e. The number of hydrogen-bond donors (Lipinski definition) is 2. The quantitative estimate of drug-likeness (QED) is 0.670. The van der Waals surface area contributed by atoms with Gasteiger partial charge >= 0.3 is 0 Å². The molecule has 0 bridgehead atoms. The number of pyridine rings is 1. The molecular formula is C22H21FN4O. The predicted octanol–water partition coefficient (Wildman–Crippen LogP) is 3.26. The molecule has 0 saturated heterocycles.